The zero-order valence-electron chi connectivity index (χ0n) is 6.25. The Kier molecular flexibility index (Phi) is 1.48. The van der Waals surface area contributed by atoms with E-state index in [1.807, 2.05) is 18.2 Å². The van der Waals surface area contributed by atoms with Crippen LogP contribution in [-0.4, -0.2) is 20.2 Å². The van der Waals surface area contributed by atoms with E-state index in [-0.39, 0.29) is 0 Å². The number of anilines is 1. The van der Waals surface area contributed by atoms with E-state index in [0.29, 0.717) is 5.69 Å². The molecule has 0 aliphatic carbocycles. The van der Waals surface area contributed by atoms with Gasteiger partial charge >= 0.3 is 0 Å². The lowest BCUT2D eigenvalue weighted by Gasteiger charge is -2.01. The molecule has 2 aromatic rings. The van der Waals surface area contributed by atoms with Crippen molar-refractivity contribution in [1.29, 1.82) is 0 Å². The molecular weight excluding hydrogens is 154 g/mol. The molecular formula is C7H7N5. The van der Waals surface area contributed by atoms with Crippen LogP contribution < -0.4 is 5.73 Å². The van der Waals surface area contributed by atoms with Crippen LogP contribution in [0.3, 0.4) is 0 Å². The van der Waals surface area contributed by atoms with E-state index < -0.39 is 0 Å². The number of aromatic nitrogens is 4. The minimum atomic E-state index is 0.657. The van der Waals surface area contributed by atoms with E-state index >= 15 is 0 Å². The lowest BCUT2D eigenvalue weighted by molar-refractivity contribution is 0.790. The Labute approximate surface area is 68.8 Å². The van der Waals surface area contributed by atoms with Gasteiger partial charge in [0.2, 0.25) is 0 Å². The number of nitrogens with zero attached hydrogens (tertiary/aromatic N) is 4. The Bertz CT molecular complexity index is 367. The zero-order valence-corrected chi connectivity index (χ0v) is 6.25. The maximum absolute atomic E-state index is 5.70. The van der Waals surface area contributed by atoms with Crippen LogP contribution in [0.4, 0.5) is 5.69 Å². The molecule has 5 nitrogen and oxygen atoms in total. The number of para-hydroxylation sites is 2. The second-order valence-electron chi connectivity index (χ2n) is 2.31. The van der Waals surface area contributed by atoms with Crippen LogP contribution in [0.25, 0.3) is 5.69 Å². The molecule has 0 spiro atoms. The Hall–Kier alpha value is -1.91. The van der Waals surface area contributed by atoms with Gasteiger partial charge < -0.3 is 5.73 Å². The van der Waals surface area contributed by atoms with E-state index in [0.717, 1.165) is 5.69 Å². The summed E-state index contributed by atoms with van der Waals surface area (Å²) < 4.78 is 1.52. The van der Waals surface area contributed by atoms with Crippen molar-refractivity contribution in [2.45, 2.75) is 0 Å². The smallest absolute Gasteiger partial charge is 0.143 e. The zero-order chi connectivity index (χ0) is 8.39. The van der Waals surface area contributed by atoms with Gasteiger partial charge in [-0.2, -0.15) is 4.68 Å². The van der Waals surface area contributed by atoms with Crippen molar-refractivity contribution in [2.75, 3.05) is 5.73 Å². The highest BCUT2D eigenvalue weighted by Gasteiger charge is 1.99. The van der Waals surface area contributed by atoms with Gasteiger partial charge in [-0.05, 0) is 22.6 Å². The molecule has 0 bridgehead atoms. The number of nitrogen functional groups attached to an aromatic ring is 1. The highest BCUT2D eigenvalue weighted by Crippen LogP contribution is 2.13. The van der Waals surface area contributed by atoms with Crippen LogP contribution >= 0.6 is 0 Å². The molecule has 0 fully saturated rings. The number of rotatable bonds is 1. The lowest BCUT2D eigenvalue weighted by Crippen LogP contribution is -1.99. The molecule has 0 aliphatic heterocycles. The quantitative estimate of drug-likeness (QED) is 0.608. The number of nitrogens with two attached hydrogens (primary N) is 1. The normalized spacial score (nSPS) is 10.0. The summed E-state index contributed by atoms with van der Waals surface area (Å²) in [6, 6.07) is 7.40. The topological polar surface area (TPSA) is 69.6 Å². The summed E-state index contributed by atoms with van der Waals surface area (Å²) >= 11 is 0. The van der Waals surface area contributed by atoms with Gasteiger partial charge in [0, 0.05) is 0 Å². The molecule has 0 unspecified atom stereocenters. The second-order valence-corrected chi connectivity index (χ2v) is 2.31. The molecule has 0 atom stereocenters. The van der Waals surface area contributed by atoms with Crippen LogP contribution in [0.5, 0.6) is 0 Å². The molecule has 0 saturated carbocycles. The highest BCUT2D eigenvalue weighted by molar-refractivity contribution is 5.56. The van der Waals surface area contributed by atoms with Gasteiger partial charge in [0.25, 0.3) is 0 Å². The van der Waals surface area contributed by atoms with Crippen molar-refractivity contribution >= 4 is 5.69 Å². The van der Waals surface area contributed by atoms with Crippen LogP contribution in [0.2, 0.25) is 0 Å². The summed E-state index contributed by atoms with van der Waals surface area (Å²) in [5.41, 5.74) is 7.15. The molecule has 0 aliphatic rings. The molecule has 5 heteroatoms. The monoisotopic (exact) mass is 161 g/mol. The summed E-state index contributed by atoms with van der Waals surface area (Å²) in [7, 11) is 0. The predicted molar refractivity (Wildman–Crippen MR) is 43.6 cm³/mol. The van der Waals surface area contributed by atoms with Crippen LogP contribution in [0, 0.1) is 0 Å². The van der Waals surface area contributed by atoms with Crippen molar-refractivity contribution in [2.24, 2.45) is 0 Å². The number of hydrogen-bond donors (Lipinski definition) is 1. The summed E-state index contributed by atoms with van der Waals surface area (Å²) in [5, 5.41) is 10.8. The first-order valence-corrected chi connectivity index (χ1v) is 3.46. The van der Waals surface area contributed by atoms with Gasteiger partial charge in [0.1, 0.15) is 6.33 Å². The van der Waals surface area contributed by atoms with Crippen molar-refractivity contribution < 1.29 is 0 Å². The fourth-order valence-corrected chi connectivity index (χ4v) is 0.968. The summed E-state index contributed by atoms with van der Waals surface area (Å²) in [6.45, 7) is 0. The van der Waals surface area contributed by atoms with E-state index in [1.54, 1.807) is 6.07 Å². The molecule has 2 rings (SSSR count). The minimum Gasteiger partial charge on any atom is -0.397 e. The van der Waals surface area contributed by atoms with Gasteiger partial charge in [-0.3, -0.25) is 0 Å². The van der Waals surface area contributed by atoms with E-state index in [2.05, 4.69) is 15.5 Å². The summed E-state index contributed by atoms with van der Waals surface area (Å²) in [4.78, 5) is 0. The first-order chi connectivity index (χ1) is 5.88. The average Bonchev–Trinajstić information content (AvgIpc) is 2.57. The average molecular weight is 161 g/mol. The van der Waals surface area contributed by atoms with Crippen molar-refractivity contribution in [3.63, 3.8) is 0 Å². The predicted octanol–water partition coefficient (Wildman–Crippen LogP) is 0.244. The minimum absolute atomic E-state index is 0.657. The van der Waals surface area contributed by atoms with Crippen molar-refractivity contribution in [3.05, 3.63) is 30.6 Å². The van der Waals surface area contributed by atoms with Crippen LogP contribution in [0.15, 0.2) is 30.6 Å². The second kappa shape index (κ2) is 2.61. The molecule has 2 N–H and O–H groups in total. The molecule has 12 heavy (non-hydrogen) atoms. The maximum atomic E-state index is 5.70. The van der Waals surface area contributed by atoms with Gasteiger partial charge in [0.05, 0.1) is 11.4 Å². The summed E-state index contributed by atoms with van der Waals surface area (Å²) in [5.74, 6) is 0. The molecule has 1 heterocycles. The lowest BCUT2D eigenvalue weighted by atomic mass is 10.3. The SMILES string of the molecule is Nc1ccccc1-n1cnnn1. The van der Waals surface area contributed by atoms with Crippen molar-refractivity contribution in [1.82, 2.24) is 20.2 Å². The largest absolute Gasteiger partial charge is 0.397 e. The number of hydrogen-bond acceptors (Lipinski definition) is 4. The van der Waals surface area contributed by atoms with Crippen LogP contribution in [-0.2, 0) is 0 Å². The Morgan fingerprint density at radius 3 is 2.75 bits per heavy atom. The Morgan fingerprint density at radius 1 is 1.25 bits per heavy atom. The fraction of sp³-hybridized carbons (Fsp3) is 0. The summed E-state index contributed by atoms with van der Waals surface area (Å²) in [6.07, 6.45) is 1.51. The molecule has 1 aromatic heterocycles. The number of tetrazole rings is 1. The van der Waals surface area contributed by atoms with Crippen LogP contribution in [0.1, 0.15) is 0 Å². The molecule has 0 radical (unpaired) electrons. The van der Waals surface area contributed by atoms with E-state index in [4.69, 9.17) is 5.73 Å². The highest BCUT2D eigenvalue weighted by atomic mass is 15.5. The van der Waals surface area contributed by atoms with Gasteiger partial charge in [-0.15, -0.1) is 5.10 Å². The van der Waals surface area contributed by atoms with Gasteiger partial charge in [-0.1, -0.05) is 12.1 Å². The maximum Gasteiger partial charge on any atom is 0.143 e. The van der Waals surface area contributed by atoms with E-state index in [9.17, 15) is 0 Å². The van der Waals surface area contributed by atoms with Gasteiger partial charge in [0.15, 0.2) is 0 Å². The first kappa shape index (κ1) is 6.78. The molecule has 0 amide bonds. The molecule has 60 valence electrons. The third-order valence-electron chi connectivity index (χ3n) is 1.53. The fourth-order valence-electron chi connectivity index (χ4n) is 0.968. The molecule has 0 saturated heterocycles. The van der Waals surface area contributed by atoms with Gasteiger partial charge in [-0.25, -0.2) is 0 Å². The molecule has 1 aromatic carbocycles. The van der Waals surface area contributed by atoms with Crippen molar-refractivity contribution in [3.8, 4) is 5.69 Å². The number of benzene rings is 1. The Morgan fingerprint density at radius 2 is 2.08 bits per heavy atom. The third kappa shape index (κ3) is 1.01. The standard InChI is InChI=1S/C7H7N5/c8-6-3-1-2-4-7(6)12-5-9-10-11-12/h1-5H,8H2. The van der Waals surface area contributed by atoms with E-state index in [1.165, 1.54) is 11.0 Å². The Balaban J connectivity index is 2.55. The first-order valence-electron chi connectivity index (χ1n) is 3.46. The third-order valence-corrected chi connectivity index (χ3v) is 1.53.